The molecule has 0 aliphatic rings. The molecule has 0 saturated carbocycles. The van der Waals surface area contributed by atoms with Gasteiger partial charge in [0, 0.05) is 6.20 Å². The third-order valence-electron chi connectivity index (χ3n) is 3.44. The van der Waals surface area contributed by atoms with E-state index in [1.807, 2.05) is 13.8 Å². The number of hydrogen-bond acceptors (Lipinski definition) is 5. The Hall–Kier alpha value is -2.41. The van der Waals surface area contributed by atoms with Crippen molar-refractivity contribution in [2.75, 3.05) is 13.2 Å². The van der Waals surface area contributed by atoms with Gasteiger partial charge in [-0.1, -0.05) is 25.4 Å². The van der Waals surface area contributed by atoms with Gasteiger partial charge >= 0.3 is 0 Å². The molecule has 0 bridgehead atoms. The predicted octanol–water partition coefficient (Wildman–Crippen LogP) is 1.75. The van der Waals surface area contributed by atoms with Gasteiger partial charge in [-0.05, 0) is 30.5 Å². The van der Waals surface area contributed by atoms with Crippen molar-refractivity contribution < 1.29 is 9.53 Å². The van der Waals surface area contributed by atoms with Crippen LogP contribution in [0.15, 0.2) is 23.1 Å². The lowest BCUT2D eigenvalue weighted by atomic mass is 10.0. The minimum Gasteiger partial charge on any atom is -0.475 e. The second-order valence-electron chi connectivity index (χ2n) is 4.95. The highest BCUT2D eigenvalue weighted by Gasteiger charge is 2.18. The molecule has 0 fully saturated rings. The number of hydrogen-bond donors (Lipinski definition) is 2. The standard InChI is InChI=1S/C16H19ClN4O3/c1-3-10-12(4-2)20-21-15(23)13(10)14(22)18-8-9-24-16-11(17)6-5-7-19-16/h5-7H,3-4,8-9H2,1-2H3,(H,18,22)(H,21,23). The highest BCUT2D eigenvalue weighted by molar-refractivity contribution is 6.31. The van der Waals surface area contributed by atoms with E-state index < -0.39 is 11.5 Å². The molecule has 0 spiro atoms. The molecule has 0 saturated heterocycles. The van der Waals surface area contributed by atoms with Crippen molar-refractivity contribution in [1.82, 2.24) is 20.5 Å². The topological polar surface area (TPSA) is 97.0 Å². The Morgan fingerprint density at radius 2 is 2.17 bits per heavy atom. The molecule has 0 unspecified atom stereocenters. The normalized spacial score (nSPS) is 10.5. The lowest BCUT2D eigenvalue weighted by Gasteiger charge is -2.11. The molecule has 7 nitrogen and oxygen atoms in total. The number of aromatic amines is 1. The van der Waals surface area contributed by atoms with Crippen LogP contribution in [0.4, 0.5) is 0 Å². The fourth-order valence-electron chi connectivity index (χ4n) is 2.31. The van der Waals surface area contributed by atoms with Crippen molar-refractivity contribution in [2.45, 2.75) is 26.7 Å². The molecular formula is C16H19ClN4O3. The summed E-state index contributed by atoms with van der Waals surface area (Å²) in [4.78, 5) is 28.3. The van der Waals surface area contributed by atoms with Gasteiger partial charge in [-0.3, -0.25) is 9.59 Å². The number of halogens is 1. The number of pyridine rings is 1. The Morgan fingerprint density at radius 3 is 2.83 bits per heavy atom. The van der Waals surface area contributed by atoms with Gasteiger partial charge in [0.15, 0.2) is 0 Å². The second kappa shape index (κ2) is 8.44. The van der Waals surface area contributed by atoms with Gasteiger partial charge < -0.3 is 10.1 Å². The van der Waals surface area contributed by atoms with E-state index in [0.717, 1.165) is 5.69 Å². The zero-order chi connectivity index (χ0) is 17.5. The monoisotopic (exact) mass is 350 g/mol. The van der Waals surface area contributed by atoms with Crippen molar-refractivity contribution in [3.8, 4) is 5.88 Å². The maximum absolute atomic E-state index is 12.3. The SMILES string of the molecule is CCc1n[nH]c(=O)c(C(=O)NCCOc2ncccc2Cl)c1CC. The predicted molar refractivity (Wildman–Crippen MR) is 90.7 cm³/mol. The van der Waals surface area contributed by atoms with E-state index in [1.165, 1.54) is 0 Å². The van der Waals surface area contributed by atoms with Crippen molar-refractivity contribution in [3.63, 3.8) is 0 Å². The van der Waals surface area contributed by atoms with E-state index in [9.17, 15) is 9.59 Å². The van der Waals surface area contributed by atoms with Gasteiger partial charge in [-0.15, -0.1) is 0 Å². The van der Waals surface area contributed by atoms with E-state index in [0.29, 0.717) is 29.3 Å². The van der Waals surface area contributed by atoms with E-state index in [1.54, 1.807) is 18.3 Å². The fourth-order valence-corrected chi connectivity index (χ4v) is 2.49. The number of nitrogens with zero attached hydrogens (tertiary/aromatic N) is 2. The Morgan fingerprint density at radius 1 is 1.38 bits per heavy atom. The summed E-state index contributed by atoms with van der Waals surface area (Å²) in [7, 11) is 0. The first-order valence-corrected chi connectivity index (χ1v) is 8.08. The fraction of sp³-hybridized carbons (Fsp3) is 0.375. The molecule has 0 aliphatic heterocycles. The van der Waals surface area contributed by atoms with Crippen LogP contribution in [0.2, 0.25) is 5.02 Å². The van der Waals surface area contributed by atoms with Gasteiger partial charge in [0.1, 0.15) is 17.2 Å². The molecule has 0 radical (unpaired) electrons. The third-order valence-corrected chi connectivity index (χ3v) is 3.72. The largest absolute Gasteiger partial charge is 0.475 e. The van der Waals surface area contributed by atoms with Crippen molar-refractivity contribution in [3.05, 3.63) is 50.5 Å². The van der Waals surface area contributed by atoms with Crippen LogP contribution in [-0.2, 0) is 12.8 Å². The Balaban J connectivity index is 2.01. The van der Waals surface area contributed by atoms with Gasteiger partial charge in [0.2, 0.25) is 5.88 Å². The van der Waals surface area contributed by atoms with Crippen molar-refractivity contribution in [2.24, 2.45) is 0 Å². The smallest absolute Gasteiger partial charge is 0.277 e. The van der Waals surface area contributed by atoms with Crippen LogP contribution in [0, 0.1) is 0 Å². The zero-order valence-corrected chi connectivity index (χ0v) is 14.3. The molecule has 2 aromatic rings. The highest BCUT2D eigenvalue weighted by Crippen LogP contribution is 2.19. The number of rotatable bonds is 7. The maximum Gasteiger partial charge on any atom is 0.277 e. The van der Waals surface area contributed by atoms with Gasteiger partial charge in [0.05, 0.1) is 12.2 Å². The van der Waals surface area contributed by atoms with Crippen molar-refractivity contribution >= 4 is 17.5 Å². The number of H-pyrrole nitrogens is 1. The number of amides is 1. The minimum atomic E-state index is -0.491. The second-order valence-corrected chi connectivity index (χ2v) is 5.36. The van der Waals surface area contributed by atoms with Crippen LogP contribution < -0.4 is 15.6 Å². The molecule has 24 heavy (non-hydrogen) atoms. The molecule has 0 atom stereocenters. The summed E-state index contributed by atoms with van der Waals surface area (Å²) < 4.78 is 5.40. The molecule has 2 aromatic heterocycles. The summed E-state index contributed by atoms with van der Waals surface area (Å²) in [5.74, 6) is -0.140. The molecule has 0 aromatic carbocycles. The van der Waals surface area contributed by atoms with Crippen LogP contribution in [0.5, 0.6) is 5.88 Å². The van der Waals surface area contributed by atoms with Crippen LogP contribution in [0.3, 0.4) is 0 Å². The summed E-state index contributed by atoms with van der Waals surface area (Å²) >= 11 is 5.93. The first kappa shape index (κ1) is 17.9. The lowest BCUT2D eigenvalue weighted by Crippen LogP contribution is -2.34. The summed E-state index contributed by atoms with van der Waals surface area (Å²) in [6.45, 7) is 4.22. The highest BCUT2D eigenvalue weighted by atomic mass is 35.5. The van der Waals surface area contributed by atoms with E-state index >= 15 is 0 Å². The number of ether oxygens (including phenoxy) is 1. The number of carbonyl (C=O) groups excluding carboxylic acids is 1. The van der Waals surface area contributed by atoms with E-state index in [-0.39, 0.29) is 18.7 Å². The average molecular weight is 351 g/mol. The van der Waals surface area contributed by atoms with Crippen LogP contribution in [-0.4, -0.2) is 34.2 Å². The van der Waals surface area contributed by atoms with Gasteiger partial charge in [-0.2, -0.15) is 5.10 Å². The quantitative estimate of drug-likeness (QED) is 0.741. The summed E-state index contributed by atoms with van der Waals surface area (Å²) in [6.07, 6.45) is 2.76. The van der Waals surface area contributed by atoms with Gasteiger partial charge in [0.25, 0.3) is 11.5 Å². The maximum atomic E-state index is 12.3. The van der Waals surface area contributed by atoms with Crippen LogP contribution in [0.25, 0.3) is 0 Å². The molecule has 2 N–H and O–H groups in total. The first-order chi connectivity index (χ1) is 11.6. The molecule has 2 rings (SSSR count). The number of aryl methyl sites for hydroxylation is 1. The Labute approximate surface area is 144 Å². The Bertz CT molecular complexity index is 776. The van der Waals surface area contributed by atoms with E-state index in [2.05, 4.69) is 20.5 Å². The number of aromatic nitrogens is 3. The zero-order valence-electron chi connectivity index (χ0n) is 13.6. The summed E-state index contributed by atoms with van der Waals surface area (Å²) in [6, 6.07) is 3.36. The summed E-state index contributed by atoms with van der Waals surface area (Å²) in [5.41, 5.74) is 1.02. The van der Waals surface area contributed by atoms with Crippen LogP contribution >= 0.6 is 11.6 Å². The molecular weight excluding hydrogens is 332 g/mol. The lowest BCUT2D eigenvalue weighted by molar-refractivity contribution is 0.0943. The molecule has 1 amide bonds. The molecule has 2 heterocycles. The average Bonchev–Trinajstić information content (AvgIpc) is 2.59. The van der Waals surface area contributed by atoms with E-state index in [4.69, 9.17) is 16.3 Å². The van der Waals surface area contributed by atoms with Gasteiger partial charge in [-0.25, -0.2) is 10.1 Å². The molecule has 8 heteroatoms. The minimum absolute atomic E-state index is 0.111. The summed E-state index contributed by atoms with van der Waals surface area (Å²) in [5, 5.41) is 9.44. The third kappa shape index (κ3) is 4.11. The molecule has 0 aliphatic carbocycles. The van der Waals surface area contributed by atoms with Crippen LogP contribution in [0.1, 0.15) is 35.5 Å². The first-order valence-electron chi connectivity index (χ1n) is 7.70. The molecule has 128 valence electrons. The number of carbonyl (C=O) groups is 1. The number of nitrogens with one attached hydrogen (secondary N) is 2. The van der Waals surface area contributed by atoms with Crippen molar-refractivity contribution in [1.29, 1.82) is 0 Å². The Kier molecular flexibility index (Phi) is 6.31.